The normalized spacial score (nSPS) is 14.6. The van der Waals surface area contributed by atoms with Crippen molar-refractivity contribution in [3.05, 3.63) is 24.0 Å². The molecule has 1 aliphatic carbocycles. The number of nitrogens with one attached hydrogen (secondary N) is 2. The van der Waals surface area contributed by atoms with Crippen LogP contribution < -0.4 is 11.1 Å². The molecule has 0 unspecified atom stereocenters. The number of hydrogen-bond donors (Lipinski definition) is 3. The highest BCUT2D eigenvalue weighted by Crippen LogP contribution is 2.33. The van der Waals surface area contributed by atoms with E-state index in [0.29, 0.717) is 11.7 Å². The van der Waals surface area contributed by atoms with E-state index in [1.54, 1.807) is 12.3 Å². The fourth-order valence-corrected chi connectivity index (χ4v) is 2.42. The Morgan fingerprint density at radius 3 is 2.71 bits per heavy atom. The number of aromatic nitrogens is 4. The van der Waals surface area contributed by atoms with Gasteiger partial charge in [-0.3, -0.25) is 5.10 Å². The minimum Gasteiger partial charge on any atom is -0.368 e. The number of anilines is 3. The Morgan fingerprint density at radius 1 is 1.33 bits per heavy atom. The Hall–Kier alpha value is -2.11. The molecule has 2 aromatic rings. The van der Waals surface area contributed by atoms with Gasteiger partial charge in [-0.1, -0.05) is 33.1 Å². The molecule has 21 heavy (non-hydrogen) atoms. The van der Waals surface area contributed by atoms with Crippen LogP contribution in [0.4, 0.5) is 17.6 Å². The monoisotopic (exact) mass is 294 g/mol. The molecule has 0 spiro atoms. The second-order valence-electron chi connectivity index (χ2n) is 5.32. The Labute approximate surface area is 130 Å². The van der Waals surface area contributed by atoms with E-state index < -0.39 is 0 Å². The Morgan fingerprint density at radius 2 is 2.05 bits per heavy atom. The average Bonchev–Trinajstić information content (AvgIpc) is 3.10. The van der Waals surface area contributed by atoms with E-state index in [-0.39, 0.29) is 10.2 Å². The first-order valence-corrected chi connectivity index (χ1v) is 7.63. The van der Waals surface area contributed by atoms with E-state index in [0.717, 1.165) is 5.82 Å². The van der Waals surface area contributed by atoms with Gasteiger partial charge < -0.3 is 11.1 Å². The number of H-pyrrole nitrogens is 1. The van der Waals surface area contributed by atoms with Gasteiger partial charge in [-0.05, 0) is 18.9 Å². The van der Waals surface area contributed by atoms with Gasteiger partial charge in [0.2, 0.25) is 5.95 Å². The third kappa shape index (κ3) is 4.44. The van der Waals surface area contributed by atoms with E-state index in [9.17, 15) is 0 Å². The van der Waals surface area contributed by atoms with Crippen LogP contribution in [0.2, 0.25) is 0 Å². The summed E-state index contributed by atoms with van der Waals surface area (Å²) in [4.78, 5) is 7.93. The third-order valence-corrected chi connectivity index (χ3v) is 3.32. The molecule has 0 radical (unpaired) electrons. The summed E-state index contributed by atoms with van der Waals surface area (Å²) in [6.45, 7) is 4.25. The van der Waals surface area contributed by atoms with Crippen molar-refractivity contribution in [3.8, 4) is 0 Å². The predicted molar refractivity (Wildman–Crippen MR) is 91.8 cm³/mol. The van der Waals surface area contributed by atoms with Gasteiger partial charge in [0.05, 0.1) is 0 Å². The van der Waals surface area contributed by atoms with Crippen molar-refractivity contribution in [1.29, 1.82) is 0 Å². The molecule has 2 aromatic heterocycles. The minimum atomic E-state index is 0. The topological polar surface area (TPSA) is 92.5 Å². The maximum Gasteiger partial charge on any atom is 0.221 e. The van der Waals surface area contributed by atoms with Gasteiger partial charge in [0, 0.05) is 28.2 Å². The van der Waals surface area contributed by atoms with Crippen LogP contribution in [0, 0.1) is 0 Å². The lowest BCUT2D eigenvalue weighted by Gasteiger charge is -2.03. The highest BCUT2D eigenvalue weighted by molar-refractivity contribution is 5.52. The van der Waals surface area contributed by atoms with Crippen molar-refractivity contribution in [3.63, 3.8) is 0 Å². The maximum absolute atomic E-state index is 5.53. The van der Waals surface area contributed by atoms with Crippen molar-refractivity contribution in [1.82, 2.24) is 20.2 Å². The molecule has 1 aliphatic rings. The van der Waals surface area contributed by atoms with Gasteiger partial charge in [-0.2, -0.15) is 10.1 Å². The lowest BCUT2D eigenvalue weighted by atomic mass is 10.0. The zero-order chi connectivity index (χ0) is 15.1. The molecule has 120 valence electrons. The van der Waals surface area contributed by atoms with Gasteiger partial charge in [-0.15, -0.1) is 0 Å². The first-order chi connectivity index (χ1) is 10.2. The van der Waals surface area contributed by atoms with Crippen LogP contribution >= 0.6 is 0 Å². The van der Waals surface area contributed by atoms with Gasteiger partial charge in [0.25, 0.3) is 0 Å². The smallest absolute Gasteiger partial charge is 0.221 e. The summed E-state index contributed by atoms with van der Waals surface area (Å²) < 4.78 is 0. The van der Waals surface area contributed by atoms with Crippen molar-refractivity contribution in [2.75, 3.05) is 11.1 Å². The van der Waals surface area contributed by atoms with Gasteiger partial charge >= 0.3 is 0 Å². The quantitative estimate of drug-likeness (QED) is 0.783. The molecular weight excluding hydrogens is 264 g/mol. The van der Waals surface area contributed by atoms with E-state index in [1.165, 1.54) is 37.8 Å². The largest absolute Gasteiger partial charge is 0.368 e. The highest BCUT2D eigenvalue weighted by Gasteiger charge is 2.19. The number of rotatable bonds is 3. The molecule has 6 heteroatoms. The summed E-state index contributed by atoms with van der Waals surface area (Å²) in [6, 6.07) is 3.81. The Balaban J connectivity index is 0. The van der Waals surface area contributed by atoms with Crippen molar-refractivity contribution in [2.24, 2.45) is 0 Å². The van der Waals surface area contributed by atoms with E-state index >= 15 is 0 Å². The number of nitrogens with two attached hydrogens (primary N) is 1. The average molecular weight is 294 g/mol. The van der Waals surface area contributed by atoms with Crippen molar-refractivity contribution < 1.29 is 4.28 Å². The van der Waals surface area contributed by atoms with Crippen LogP contribution in [0.1, 0.15) is 61.8 Å². The van der Waals surface area contributed by atoms with Crippen LogP contribution in [-0.2, 0) is 0 Å². The number of nitrogen functional groups attached to an aromatic ring is 1. The number of hydrogen-bond acceptors (Lipinski definition) is 5. The third-order valence-electron chi connectivity index (χ3n) is 3.32. The molecule has 0 aliphatic heterocycles. The highest BCUT2D eigenvalue weighted by atomic mass is 15.2. The second kappa shape index (κ2) is 7.61. The van der Waals surface area contributed by atoms with Gasteiger partial charge in [0.1, 0.15) is 5.82 Å². The summed E-state index contributed by atoms with van der Waals surface area (Å²) >= 11 is 0. The van der Waals surface area contributed by atoms with Crippen LogP contribution in [0.25, 0.3) is 0 Å². The van der Waals surface area contributed by atoms with Crippen LogP contribution in [0.15, 0.2) is 18.3 Å². The van der Waals surface area contributed by atoms with Crippen molar-refractivity contribution in [2.45, 2.75) is 51.9 Å². The van der Waals surface area contributed by atoms with Crippen LogP contribution in [0.3, 0.4) is 0 Å². The lowest BCUT2D eigenvalue weighted by molar-refractivity contribution is 0.693. The molecule has 0 saturated heterocycles. The molecule has 1 fully saturated rings. The SMILES string of the molecule is CCC.Nc1nccc(Nc2cc(C3CCCC3)[nH]n2)n1.[HH].[HH].[HH]. The first kappa shape index (κ1) is 15.3. The zero-order valence-electron chi connectivity index (χ0n) is 12.8. The maximum atomic E-state index is 5.53. The zero-order valence-corrected chi connectivity index (χ0v) is 12.8. The predicted octanol–water partition coefficient (Wildman–Crippen LogP) is 4.34. The van der Waals surface area contributed by atoms with Gasteiger partial charge in [0.15, 0.2) is 5.82 Å². The summed E-state index contributed by atoms with van der Waals surface area (Å²) in [7, 11) is 0. The van der Waals surface area contributed by atoms with E-state index in [1.807, 2.05) is 6.07 Å². The standard InChI is InChI=1S/C12H16N6.C3H8.3H2/c13-12-14-6-5-10(16-12)15-11-7-9(17-18-11)8-3-1-2-4-8;1-3-2;;;/h5-8H,1-4H2,(H4,13,14,15,16,17,18);3H2,1-2H3;3*1H. The molecule has 0 atom stereocenters. The molecule has 0 aromatic carbocycles. The second-order valence-corrected chi connectivity index (χ2v) is 5.32. The fraction of sp³-hybridized carbons (Fsp3) is 0.533. The molecule has 4 N–H and O–H groups in total. The summed E-state index contributed by atoms with van der Waals surface area (Å²) in [5.74, 6) is 2.32. The molecular formula is C15H30N6. The van der Waals surface area contributed by atoms with E-state index in [4.69, 9.17) is 5.73 Å². The molecule has 3 rings (SSSR count). The van der Waals surface area contributed by atoms with Gasteiger partial charge in [-0.25, -0.2) is 4.98 Å². The minimum absolute atomic E-state index is 0. The summed E-state index contributed by atoms with van der Waals surface area (Å²) in [5, 5.41) is 10.5. The molecule has 1 saturated carbocycles. The summed E-state index contributed by atoms with van der Waals surface area (Å²) in [5.41, 5.74) is 6.73. The molecule has 0 amide bonds. The molecule has 2 heterocycles. The summed E-state index contributed by atoms with van der Waals surface area (Å²) in [6.07, 6.45) is 8.00. The van der Waals surface area contributed by atoms with Crippen LogP contribution in [0.5, 0.6) is 0 Å². The first-order valence-electron chi connectivity index (χ1n) is 7.63. The fourth-order valence-electron chi connectivity index (χ4n) is 2.42. The van der Waals surface area contributed by atoms with Crippen molar-refractivity contribution >= 4 is 17.6 Å². The lowest BCUT2D eigenvalue weighted by Crippen LogP contribution is -1.99. The number of aromatic amines is 1. The Kier molecular flexibility index (Phi) is 5.54. The van der Waals surface area contributed by atoms with Crippen LogP contribution in [-0.4, -0.2) is 20.2 Å². The molecule has 0 bridgehead atoms. The Bertz CT molecular complexity index is 558. The number of nitrogens with zero attached hydrogens (tertiary/aromatic N) is 3. The van der Waals surface area contributed by atoms with E-state index in [2.05, 4.69) is 39.3 Å². The molecule has 6 nitrogen and oxygen atoms in total.